The highest BCUT2D eigenvalue weighted by molar-refractivity contribution is 7.91. The molecule has 0 radical (unpaired) electrons. The van der Waals surface area contributed by atoms with Crippen molar-refractivity contribution in [3.05, 3.63) is 103 Å². The van der Waals surface area contributed by atoms with E-state index in [1.165, 1.54) is 11.0 Å². The standard InChI is InChI=1S/C49H57N5O9S/c1-6-33-29-49(33,45(57)53-64(59,60)48(23-24-48)28-31-15-9-7-10-16-31)52-43(55)40-26-36(30-54(40)44(56)42(47(2,3)4)51-46(58)63-34-19-13-14-20-34)62-41-27-38(32-17-11-8-12-18-32)50-39-25-35(61-5)21-22-37(39)41/h6-12,15-18,21-22,25,27,33-34,36,40,42H,1,13-14,19-20,23-24,26,28-30H2,2-5H3,(H,51,58)(H,52,55)(H,53,57)/t33-,36+,40-,42+,49-/m0/s1. The molecule has 338 valence electrons. The van der Waals surface area contributed by atoms with Gasteiger partial charge in [0.25, 0.3) is 5.91 Å². The van der Waals surface area contributed by atoms with E-state index in [1.807, 2.05) is 99.6 Å². The van der Waals surface area contributed by atoms with Crippen LogP contribution in [-0.4, -0.2) is 90.3 Å². The first kappa shape index (κ1) is 44.6. The molecule has 3 N–H and O–H groups in total. The molecule has 64 heavy (non-hydrogen) atoms. The number of amides is 4. The average Bonchev–Trinajstić information content (AvgIpc) is 4.09. The number of hydrogen-bond acceptors (Lipinski definition) is 10. The molecule has 4 amide bonds. The van der Waals surface area contributed by atoms with Gasteiger partial charge in [-0.2, -0.15) is 0 Å². The van der Waals surface area contributed by atoms with Gasteiger partial charge in [0.15, 0.2) is 0 Å². The van der Waals surface area contributed by atoms with Gasteiger partial charge in [0.2, 0.25) is 21.8 Å². The first-order valence-electron chi connectivity index (χ1n) is 22.1. The van der Waals surface area contributed by atoms with E-state index in [0.29, 0.717) is 40.9 Å². The first-order valence-corrected chi connectivity index (χ1v) is 23.6. The van der Waals surface area contributed by atoms with Crippen molar-refractivity contribution in [1.82, 2.24) is 25.2 Å². The van der Waals surface area contributed by atoms with Crippen molar-refractivity contribution in [3.63, 3.8) is 0 Å². The maximum atomic E-state index is 14.9. The Morgan fingerprint density at radius 2 is 1.64 bits per heavy atom. The summed E-state index contributed by atoms with van der Waals surface area (Å²) < 4.78 is 47.0. The van der Waals surface area contributed by atoms with Gasteiger partial charge < -0.3 is 29.7 Å². The Morgan fingerprint density at radius 3 is 2.27 bits per heavy atom. The lowest BCUT2D eigenvalue weighted by Crippen LogP contribution is -2.60. The number of sulfonamides is 1. The summed E-state index contributed by atoms with van der Waals surface area (Å²) >= 11 is 0. The molecule has 8 rings (SSSR count). The number of ether oxygens (including phenoxy) is 3. The number of likely N-dealkylation sites (tertiary alicyclic amines) is 1. The van der Waals surface area contributed by atoms with Gasteiger partial charge in [0, 0.05) is 35.4 Å². The number of rotatable bonds is 15. The Balaban J connectivity index is 1.09. The Labute approximate surface area is 374 Å². The highest BCUT2D eigenvalue weighted by atomic mass is 32.2. The fraction of sp³-hybridized carbons (Fsp3) is 0.449. The maximum Gasteiger partial charge on any atom is 0.408 e. The average molecular weight is 892 g/mol. The van der Waals surface area contributed by atoms with Crippen molar-refractivity contribution in [1.29, 1.82) is 0 Å². The predicted octanol–water partition coefficient (Wildman–Crippen LogP) is 6.62. The summed E-state index contributed by atoms with van der Waals surface area (Å²) in [7, 11) is -2.60. The van der Waals surface area contributed by atoms with Gasteiger partial charge in [-0.3, -0.25) is 19.1 Å². The minimum absolute atomic E-state index is 0.0105. The van der Waals surface area contributed by atoms with E-state index in [1.54, 1.807) is 13.2 Å². The van der Waals surface area contributed by atoms with Gasteiger partial charge in [-0.25, -0.2) is 18.2 Å². The van der Waals surface area contributed by atoms with Crippen molar-refractivity contribution in [2.45, 2.75) is 113 Å². The van der Waals surface area contributed by atoms with Gasteiger partial charge >= 0.3 is 6.09 Å². The maximum absolute atomic E-state index is 14.9. The number of nitrogens with zero attached hydrogens (tertiary/aromatic N) is 2. The molecule has 3 aromatic carbocycles. The van der Waals surface area contributed by atoms with Crippen LogP contribution in [0, 0.1) is 11.3 Å². The highest BCUT2D eigenvalue weighted by Crippen LogP contribution is 2.49. The summed E-state index contributed by atoms with van der Waals surface area (Å²) in [5, 5.41) is 6.39. The van der Waals surface area contributed by atoms with Crippen molar-refractivity contribution in [3.8, 4) is 22.8 Å². The van der Waals surface area contributed by atoms with Crippen molar-refractivity contribution >= 4 is 44.7 Å². The molecule has 4 aliphatic rings. The third-order valence-corrected chi connectivity index (χ3v) is 15.3. The molecular formula is C49H57N5O9S. The van der Waals surface area contributed by atoms with Gasteiger partial charge in [-0.05, 0) is 74.5 Å². The van der Waals surface area contributed by atoms with Crippen LogP contribution in [0.1, 0.15) is 77.7 Å². The zero-order valence-electron chi connectivity index (χ0n) is 36.8. The number of fused-ring (bicyclic) bond motifs is 1. The Bertz CT molecular complexity index is 2540. The Kier molecular flexibility index (Phi) is 12.2. The molecule has 2 heterocycles. The Hall–Kier alpha value is -5.96. The summed E-state index contributed by atoms with van der Waals surface area (Å²) in [5.41, 5.74) is 0.482. The molecule has 15 heteroatoms. The molecule has 4 aromatic rings. The zero-order valence-corrected chi connectivity index (χ0v) is 37.6. The van der Waals surface area contributed by atoms with Crippen LogP contribution in [0.25, 0.3) is 22.2 Å². The molecule has 0 bridgehead atoms. The molecule has 14 nitrogen and oxygen atoms in total. The summed E-state index contributed by atoms with van der Waals surface area (Å²) in [6, 6.07) is 23.8. The van der Waals surface area contributed by atoms with E-state index in [0.717, 1.165) is 36.8 Å². The summed E-state index contributed by atoms with van der Waals surface area (Å²) in [6.07, 6.45) is 4.35. The summed E-state index contributed by atoms with van der Waals surface area (Å²) in [5.74, 6) is -1.56. The van der Waals surface area contributed by atoms with Crippen LogP contribution < -0.4 is 24.8 Å². The van der Waals surface area contributed by atoms with Gasteiger partial charge in [-0.15, -0.1) is 6.58 Å². The number of pyridine rings is 1. The largest absolute Gasteiger partial charge is 0.497 e. The van der Waals surface area contributed by atoms with Gasteiger partial charge in [0.1, 0.15) is 41.3 Å². The van der Waals surface area contributed by atoms with Crippen molar-refractivity contribution in [2.75, 3.05) is 13.7 Å². The van der Waals surface area contributed by atoms with Gasteiger partial charge in [-0.1, -0.05) is 87.5 Å². The number of hydrogen-bond donors (Lipinski definition) is 3. The normalized spacial score (nSPS) is 23.1. The van der Waals surface area contributed by atoms with Gasteiger partial charge in [0.05, 0.1) is 29.6 Å². The molecule has 1 saturated heterocycles. The molecule has 0 unspecified atom stereocenters. The first-order chi connectivity index (χ1) is 30.5. The van der Waals surface area contributed by atoms with Crippen LogP contribution >= 0.6 is 0 Å². The fourth-order valence-electron chi connectivity index (χ4n) is 9.14. The van der Waals surface area contributed by atoms with E-state index < -0.39 is 73.6 Å². The van der Waals surface area contributed by atoms with Crippen LogP contribution in [0.3, 0.4) is 0 Å². The predicted molar refractivity (Wildman–Crippen MR) is 242 cm³/mol. The molecule has 4 fully saturated rings. The van der Waals surface area contributed by atoms with Crippen LogP contribution in [0.5, 0.6) is 11.5 Å². The lowest BCUT2D eigenvalue weighted by Gasteiger charge is -2.35. The van der Waals surface area contributed by atoms with E-state index in [-0.39, 0.29) is 31.9 Å². The third-order valence-electron chi connectivity index (χ3n) is 13.2. The summed E-state index contributed by atoms with van der Waals surface area (Å²) in [4.78, 5) is 63.5. The lowest BCUT2D eigenvalue weighted by molar-refractivity contribution is -0.143. The molecular weight excluding hydrogens is 835 g/mol. The molecule has 3 aliphatic carbocycles. The van der Waals surface area contributed by atoms with Crippen LogP contribution in [0.2, 0.25) is 0 Å². The van der Waals surface area contributed by atoms with E-state index in [9.17, 15) is 27.6 Å². The second-order valence-electron chi connectivity index (χ2n) is 18.8. The lowest BCUT2D eigenvalue weighted by atomic mass is 9.85. The highest BCUT2D eigenvalue weighted by Gasteiger charge is 2.63. The second-order valence-corrected chi connectivity index (χ2v) is 20.9. The molecule has 5 atom stereocenters. The number of aromatic nitrogens is 1. The number of nitrogens with one attached hydrogen (secondary N) is 3. The smallest absolute Gasteiger partial charge is 0.408 e. The second kappa shape index (κ2) is 17.5. The fourth-order valence-corrected chi connectivity index (χ4v) is 10.8. The number of benzene rings is 3. The zero-order chi connectivity index (χ0) is 45.4. The molecule has 0 spiro atoms. The third kappa shape index (κ3) is 9.17. The van der Waals surface area contributed by atoms with Crippen LogP contribution in [0.4, 0.5) is 4.79 Å². The number of carbonyl (C=O) groups excluding carboxylic acids is 4. The monoisotopic (exact) mass is 891 g/mol. The quantitative estimate of drug-likeness (QED) is 0.110. The van der Waals surface area contributed by atoms with Crippen LogP contribution in [0.15, 0.2) is 97.6 Å². The topological polar surface area (TPSA) is 182 Å². The minimum Gasteiger partial charge on any atom is -0.497 e. The van der Waals surface area contributed by atoms with Crippen LogP contribution in [-0.2, 0) is 35.6 Å². The molecule has 1 aromatic heterocycles. The SMILES string of the molecule is C=C[C@H]1C[C@@]1(NC(=O)[C@@H]1C[C@@H](Oc2cc(-c3ccccc3)nc3cc(OC)ccc23)CN1C(=O)[C@@H](NC(=O)OC1CCCC1)C(C)(C)C)C(=O)NS(=O)(=O)C1(Cc2ccccc2)CC1. The number of carbonyl (C=O) groups is 4. The summed E-state index contributed by atoms with van der Waals surface area (Å²) in [6.45, 7) is 9.26. The Morgan fingerprint density at radius 1 is 0.953 bits per heavy atom. The molecule has 3 saturated carbocycles. The minimum atomic E-state index is -4.17. The van der Waals surface area contributed by atoms with E-state index in [2.05, 4.69) is 21.9 Å². The van der Waals surface area contributed by atoms with E-state index in [4.69, 9.17) is 19.2 Å². The number of methoxy groups -OCH3 is 1. The van der Waals surface area contributed by atoms with Crippen molar-refractivity contribution < 1.29 is 41.8 Å². The van der Waals surface area contributed by atoms with E-state index >= 15 is 0 Å². The van der Waals surface area contributed by atoms with Crippen molar-refractivity contribution in [2.24, 2.45) is 11.3 Å². The molecule has 1 aliphatic heterocycles. The number of alkyl carbamates (subject to hydrolysis) is 1.